The molecule has 0 bridgehead atoms. The summed E-state index contributed by atoms with van der Waals surface area (Å²) in [5.74, 6) is -6.04. The number of ketones is 1. The zero-order valence-electron chi connectivity index (χ0n) is 15.8. The average Bonchev–Trinajstić information content (AvgIpc) is 2.34. The summed E-state index contributed by atoms with van der Waals surface area (Å²) >= 11 is 0. The van der Waals surface area contributed by atoms with Gasteiger partial charge in [0, 0.05) is 0 Å². The van der Waals surface area contributed by atoms with Crippen molar-refractivity contribution in [1.82, 2.24) is 0 Å². The first kappa shape index (κ1) is 23.0. The van der Waals surface area contributed by atoms with Gasteiger partial charge in [-0.2, -0.15) is 0 Å². The third kappa shape index (κ3) is 7.21. The first-order valence-corrected chi connectivity index (χ1v) is 8.15. The molecule has 0 aromatic heterocycles. The molecule has 8 heteroatoms. The lowest BCUT2D eigenvalue weighted by Crippen LogP contribution is -2.55. The van der Waals surface area contributed by atoms with Crippen molar-refractivity contribution in [3.8, 4) is 0 Å². The first-order chi connectivity index (χ1) is 11.3. The molecule has 8 nitrogen and oxygen atoms in total. The summed E-state index contributed by atoms with van der Waals surface area (Å²) in [5.41, 5.74) is -2.71. The summed E-state index contributed by atoms with van der Waals surface area (Å²) in [7, 11) is 0. The molecule has 1 N–H and O–H groups in total. The minimum absolute atomic E-state index is 0.503. The maximum atomic E-state index is 12.4. The van der Waals surface area contributed by atoms with Gasteiger partial charge in [0.15, 0.2) is 11.5 Å². The summed E-state index contributed by atoms with van der Waals surface area (Å²) in [4.78, 5) is 48.6. The SMILES string of the molecule is CC(=O)C(C(=O)OC(C)C)C(O)(CC(=O)OC(C)C)C(=O)OC(C)C. The lowest BCUT2D eigenvalue weighted by atomic mass is 9.81. The number of esters is 3. The highest BCUT2D eigenvalue weighted by Crippen LogP contribution is 2.28. The molecular formula is C17H28O8. The van der Waals surface area contributed by atoms with Crippen molar-refractivity contribution in [2.75, 3.05) is 0 Å². The average molecular weight is 360 g/mol. The highest BCUT2D eigenvalue weighted by Gasteiger charge is 2.54. The van der Waals surface area contributed by atoms with Gasteiger partial charge >= 0.3 is 17.9 Å². The van der Waals surface area contributed by atoms with Crippen molar-refractivity contribution in [2.45, 2.75) is 78.8 Å². The van der Waals surface area contributed by atoms with Crippen molar-refractivity contribution in [2.24, 2.45) is 5.92 Å². The van der Waals surface area contributed by atoms with E-state index in [0.717, 1.165) is 6.92 Å². The topological polar surface area (TPSA) is 116 Å². The quantitative estimate of drug-likeness (QED) is 0.370. The lowest BCUT2D eigenvalue weighted by Gasteiger charge is -2.31. The summed E-state index contributed by atoms with van der Waals surface area (Å²) in [6.45, 7) is 10.3. The molecule has 25 heavy (non-hydrogen) atoms. The number of ether oxygens (including phenoxy) is 3. The van der Waals surface area contributed by atoms with E-state index >= 15 is 0 Å². The van der Waals surface area contributed by atoms with Crippen LogP contribution in [0.15, 0.2) is 0 Å². The molecule has 0 radical (unpaired) electrons. The maximum Gasteiger partial charge on any atom is 0.340 e. The molecule has 0 aliphatic carbocycles. The predicted octanol–water partition coefficient (Wildman–Crippen LogP) is 1.17. The van der Waals surface area contributed by atoms with E-state index in [4.69, 9.17) is 14.2 Å². The fraction of sp³-hybridized carbons (Fsp3) is 0.765. The molecule has 0 fully saturated rings. The Morgan fingerprint density at radius 3 is 1.64 bits per heavy atom. The molecule has 0 heterocycles. The molecule has 0 aromatic rings. The molecule has 0 aliphatic rings. The van der Waals surface area contributed by atoms with Crippen LogP contribution in [-0.2, 0) is 33.4 Å². The molecule has 0 aromatic carbocycles. The van der Waals surface area contributed by atoms with E-state index in [1.807, 2.05) is 0 Å². The smallest absolute Gasteiger partial charge is 0.340 e. The van der Waals surface area contributed by atoms with Crippen LogP contribution in [0.3, 0.4) is 0 Å². The number of carbonyl (C=O) groups is 4. The van der Waals surface area contributed by atoms with E-state index in [0.29, 0.717) is 0 Å². The molecule has 0 aliphatic heterocycles. The van der Waals surface area contributed by atoms with E-state index in [9.17, 15) is 24.3 Å². The van der Waals surface area contributed by atoms with Crippen LogP contribution in [0.1, 0.15) is 54.9 Å². The second kappa shape index (κ2) is 9.50. The van der Waals surface area contributed by atoms with Gasteiger partial charge in [0.05, 0.1) is 24.7 Å². The number of hydrogen-bond acceptors (Lipinski definition) is 8. The van der Waals surface area contributed by atoms with Gasteiger partial charge in [-0.3, -0.25) is 14.4 Å². The minimum atomic E-state index is -2.71. The van der Waals surface area contributed by atoms with Crippen LogP contribution in [0.25, 0.3) is 0 Å². The normalized spacial score (nSPS) is 14.8. The van der Waals surface area contributed by atoms with Gasteiger partial charge in [-0.15, -0.1) is 0 Å². The van der Waals surface area contributed by atoms with Gasteiger partial charge in [0.2, 0.25) is 0 Å². The monoisotopic (exact) mass is 360 g/mol. The molecule has 144 valence electrons. The van der Waals surface area contributed by atoms with Gasteiger partial charge in [-0.05, 0) is 48.5 Å². The van der Waals surface area contributed by atoms with Gasteiger partial charge < -0.3 is 19.3 Å². The second-order valence-corrected chi connectivity index (χ2v) is 6.62. The van der Waals surface area contributed by atoms with E-state index < -0.39 is 59.9 Å². The summed E-state index contributed by atoms with van der Waals surface area (Å²) in [5, 5.41) is 10.8. The van der Waals surface area contributed by atoms with Gasteiger partial charge in [-0.25, -0.2) is 4.79 Å². The van der Waals surface area contributed by atoms with Crippen molar-refractivity contribution in [3.05, 3.63) is 0 Å². The Bertz CT molecular complexity index is 509. The van der Waals surface area contributed by atoms with Crippen LogP contribution in [0, 0.1) is 5.92 Å². The Morgan fingerprint density at radius 1 is 0.840 bits per heavy atom. The van der Waals surface area contributed by atoms with Gasteiger partial charge in [0.25, 0.3) is 0 Å². The van der Waals surface area contributed by atoms with Crippen LogP contribution < -0.4 is 0 Å². The van der Waals surface area contributed by atoms with Gasteiger partial charge in [0.1, 0.15) is 5.78 Å². The summed E-state index contributed by atoms with van der Waals surface area (Å²) < 4.78 is 14.8. The molecular weight excluding hydrogens is 332 g/mol. The Hall–Kier alpha value is -1.96. The molecule has 2 unspecified atom stereocenters. The first-order valence-electron chi connectivity index (χ1n) is 8.15. The van der Waals surface area contributed by atoms with E-state index in [2.05, 4.69) is 0 Å². The summed E-state index contributed by atoms with van der Waals surface area (Å²) in [6, 6.07) is 0. The number of aliphatic hydroxyl groups is 1. The van der Waals surface area contributed by atoms with Crippen LogP contribution >= 0.6 is 0 Å². The molecule has 0 rings (SSSR count). The Morgan fingerprint density at radius 2 is 1.28 bits per heavy atom. The Labute approximate surface area is 147 Å². The molecule has 0 saturated heterocycles. The van der Waals surface area contributed by atoms with Gasteiger partial charge in [-0.1, -0.05) is 0 Å². The molecule has 0 amide bonds. The lowest BCUT2D eigenvalue weighted by molar-refractivity contribution is -0.191. The zero-order chi connectivity index (χ0) is 19.9. The van der Waals surface area contributed by atoms with Crippen LogP contribution in [0.2, 0.25) is 0 Å². The molecule has 2 atom stereocenters. The van der Waals surface area contributed by atoms with Crippen LogP contribution in [0.5, 0.6) is 0 Å². The number of carbonyl (C=O) groups excluding carboxylic acids is 4. The Kier molecular flexibility index (Phi) is 8.76. The van der Waals surface area contributed by atoms with Crippen molar-refractivity contribution >= 4 is 23.7 Å². The number of hydrogen-bond donors (Lipinski definition) is 1. The standard InChI is InChI=1S/C17H28O8/c1-9(2)23-13(19)8-17(22,16(21)25-11(5)6)14(12(7)18)15(20)24-10(3)4/h9-11,14,22H,8H2,1-7H3. The highest BCUT2D eigenvalue weighted by atomic mass is 16.6. The molecule has 0 saturated carbocycles. The number of Topliss-reactive ketones (excluding diaryl/α,β-unsaturated/α-hetero) is 1. The zero-order valence-corrected chi connectivity index (χ0v) is 15.8. The number of rotatable bonds is 9. The van der Waals surface area contributed by atoms with Crippen molar-refractivity contribution in [3.63, 3.8) is 0 Å². The van der Waals surface area contributed by atoms with E-state index in [-0.39, 0.29) is 0 Å². The minimum Gasteiger partial charge on any atom is -0.463 e. The van der Waals surface area contributed by atoms with E-state index in [1.165, 1.54) is 13.8 Å². The third-order valence-corrected chi connectivity index (χ3v) is 2.95. The van der Waals surface area contributed by atoms with E-state index in [1.54, 1.807) is 27.7 Å². The molecule has 0 spiro atoms. The van der Waals surface area contributed by atoms with Crippen LogP contribution in [-0.4, -0.2) is 52.7 Å². The predicted molar refractivity (Wildman–Crippen MR) is 87.4 cm³/mol. The highest BCUT2D eigenvalue weighted by molar-refractivity contribution is 6.05. The fourth-order valence-electron chi connectivity index (χ4n) is 2.13. The van der Waals surface area contributed by atoms with Crippen LogP contribution in [0.4, 0.5) is 0 Å². The van der Waals surface area contributed by atoms with Crippen molar-refractivity contribution < 1.29 is 38.5 Å². The maximum absolute atomic E-state index is 12.4. The van der Waals surface area contributed by atoms with Crippen molar-refractivity contribution in [1.29, 1.82) is 0 Å². The third-order valence-electron chi connectivity index (χ3n) is 2.95. The fourth-order valence-corrected chi connectivity index (χ4v) is 2.13. The Balaban J connectivity index is 5.86. The second-order valence-electron chi connectivity index (χ2n) is 6.62. The summed E-state index contributed by atoms with van der Waals surface area (Å²) in [6.07, 6.45) is -2.62. The largest absolute Gasteiger partial charge is 0.463 e.